The lowest BCUT2D eigenvalue weighted by molar-refractivity contribution is 0.164. The van der Waals surface area contributed by atoms with Crippen LogP contribution in [-0.4, -0.2) is 37.1 Å². The lowest BCUT2D eigenvalue weighted by atomic mass is 9.96. The summed E-state index contributed by atoms with van der Waals surface area (Å²) >= 11 is 0. The summed E-state index contributed by atoms with van der Waals surface area (Å²) in [6, 6.07) is 3.55. The Balaban J connectivity index is 1.54. The lowest BCUT2D eigenvalue weighted by Crippen LogP contribution is -2.36. The van der Waals surface area contributed by atoms with Gasteiger partial charge in [-0.05, 0) is 43.8 Å². The van der Waals surface area contributed by atoms with Crippen molar-refractivity contribution in [3.8, 4) is 0 Å². The zero-order chi connectivity index (χ0) is 18.7. The van der Waals surface area contributed by atoms with E-state index < -0.39 is 0 Å². The zero-order valence-corrected chi connectivity index (χ0v) is 15.8. The zero-order valence-electron chi connectivity index (χ0n) is 15.8. The summed E-state index contributed by atoms with van der Waals surface area (Å²) in [5.41, 5.74) is 1.49. The molecule has 1 aliphatic rings. The van der Waals surface area contributed by atoms with Crippen LogP contribution >= 0.6 is 0 Å². The van der Waals surface area contributed by atoms with E-state index >= 15 is 0 Å². The molecule has 0 radical (unpaired) electrons. The lowest BCUT2D eigenvalue weighted by Gasteiger charge is -2.31. The molecule has 1 fully saturated rings. The Morgan fingerprint density at radius 1 is 1.23 bits per heavy atom. The fourth-order valence-corrected chi connectivity index (χ4v) is 3.32. The number of likely N-dealkylation sites (tertiary alicyclic amines) is 1. The first-order valence-electron chi connectivity index (χ1n) is 9.23. The molecule has 0 amide bonds. The highest BCUT2D eigenvalue weighted by molar-refractivity contribution is 5.04. The van der Waals surface area contributed by atoms with Gasteiger partial charge in [0, 0.05) is 32.4 Å². The number of hydrogen-bond donors (Lipinski definition) is 0. The second-order valence-corrected chi connectivity index (χ2v) is 7.49. The number of piperidine rings is 1. The maximum Gasteiger partial charge on any atom is 0.347 e. The van der Waals surface area contributed by atoms with Gasteiger partial charge in [0.05, 0.1) is 17.7 Å². The minimum absolute atomic E-state index is 0.0375. The summed E-state index contributed by atoms with van der Waals surface area (Å²) < 4.78 is 3.21. The Bertz CT molecular complexity index is 863. The maximum atomic E-state index is 12.3. The van der Waals surface area contributed by atoms with Crippen LogP contribution in [0.2, 0.25) is 0 Å². The van der Waals surface area contributed by atoms with Crippen molar-refractivity contribution >= 4 is 0 Å². The molecular weight excluding hydrogens is 330 g/mol. The molecule has 7 nitrogen and oxygen atoms in total. The minimum Gasteiger partial charge on any atom is -0.302 e. The third-order valence-electron chi connectivity index (χ3n) is 5.07. The average molecular weight is 357 g/mol. The number of aromatic nitrogens is 4. The molecule has 1 saturated heterocycles. The molecule has 26 heavy (non-hydrogen) atoms. The predicted molar refractivity (Wildman–Crippen MR) is 100 cm³/mol. The van der Waals surface area contributed by atoms with E-state index in [0.29, 0.717) is 12.5 Å². The van der Waals surface area contributed by atoms with Gasteiger partial charge < -0.3 is 4.57 Å². The SMILES string of the molecule is CC(C)c1cc(=O)n(CC2CCN(Cc3ccn(C)c(=O)n3)CC2)cn1. The molecule has 0 bridgehead atoms. The van der Waals surface area contributed by atoms with E-state index in [9.17, 15) is 9.59 Å². The van der Waals surface area contributed by atoms with Crippen molar-refractivity contribution in [2.24, 2.45) is 13.0 Å². The Morgan fingerprint density at radius 2 is 1.96 bits per heavy atom. The van der Waals surface area contributed by atoms with Crippen LogP contribution < -0.4 is 11.2 Å². The molecule has 0 spiro atoms. The molecule has 0 aromatic carbocycles. The molecule has 0 atom stereocenters. The van der Waals surface area contributed by atoms with Gasteiger partial charge in [-0.15, -0.1) is 0 Å². The molecule has 3 rings (SSSR count). The highest BCUT2D eigenvalue weighted by Gasteiger charge is 2.20. The second-order valence-electron chi connectivity index (χ2n) is 7.49. The molecule has 2 aromatic rings. The highest BCUT2D eigenvalue weighted by atomic mass is 16.1. The van der Waals surface area contributed by atoms with Crippen molar-refractivity contribution in [1.82, 2.24) is 24.0 Å². The maximum absolute atomic E-state index is 12.3. The summed E-state index contributed by atoms with van der Waals surface area (Å²) in [6.45, 7) is 7.41. The highest BCUT2D eigenvalue weighted by Crippen LogP contribution is 2.20. The molecule has 2 aromatic heterocycles. The first-order valence-corrected chi connectivity index (χ1v) is 9.23. The van der Waals surface area contributed by atoms with Crippen molar-refractivity contribution in [3.63, 3.8) is 0 Å². The second kappa shape index (κ2) is 7.95. The average Bonchev–Trinajstić information content (AvgIpc) is 2.61. The molecular formula is C19H27N5O2. The van der Waals surface area contributed by atoms with Crippen molar-refractivity contribution in [2.75, 3.05) is 13.1 Å². The smallest absolute Gasteiger partial charge is 0.302 e. The van der Waals surface area contributed by atoms with E-state index in [1.54, 1.807) is 30.2 Å². The first kappa shape index (κ1) is 18.5. The summed E-state index contributed by atoms with van der Waals surface area (Å²) in [5, 5.41) is 0. The summed E-state index contributed by atoms with van der Waals surface area (Å²) in [4.78, 5) is 34.7. The Labute approximate surface area is 153 Å². The molecule has 0 N–H and O–H groups in total. The standard InChI is InChI=1S/C19H27N5O2/c1-14(2)17-10-18(25)24(13-20-17)11-15-4-8-23(9-5-15)12-16-6-7-22(3)19(26)21-16/h6-7,10,13-15H,4-5,8-9,11-12H2,1-3H3. The number of hydrogen-bond acceptors (Lipinski definition) is 5. The molecule has 0 unspecified atom stereocenters. The monoisotopic (exact) mass is 357 g/mol. The van der Waals surface area contributed by atoms with Crippen molar-refractivity contribution < 1.29 is 0 Å². The van der Waals surface area contributed by atoms with Gasteiger partial charge in [-0.25, -0.2) is 9.78 Å². The normalized spacial score (nSPS) is 16.3. The van der Waals surface area contributed by atoms with Crippen LogP contribution in [0.15, 0.2) is 34.2 Å². The van der Waals surface area contributed by atoms with Crippen LogP contribution in [0.4, 0.5) is 0 Å². The first-order chi connectivity index (χ1) is 12.4. The van der Waals surface area contributed by atoms with E-state index in [1.807, 2.05) is 19.9 Å². The van der Waals surface area contributed by atoms with Gasteiger partial charge in [-0.2, -0.15) is 4.98 Å². The Hall–Kier alpha value is -2.28. The van der Waals surface area contributed by atoms with Crippen LogP contribution in [0.25, 0.3) is 0 Å². The predicted octanol–water partition coefficient (Wildman–Crippen LogP) is 1.37. The van der Waals surface area contributed by atoms with E-state index in [4.69, 9.17) is 0 Å². The third-order valence-corrected chi connectivity index (χ3v) is 5.07. The fourth-order valence-electron chi connectivity index (χ4n) is 3.32. The summed E-state index contributed by atoms with van der Waals surface area (Å²) in [7, 11) is 1.70. The van der Waals surface area contributed by atoms with Crippen molar-refractivity contribution in [1.29, 1.82) is 0 Å². The van der Waals surface area contributed by atoms with Gasteiger partial charge >= 0.3 is 5.69 Å². The van der Waals surface area contributed by atoms with Gasteiger partial charge in [-0.1, -0.05) is 13.8 Å². The van der Waals surface area contributed by atoms with Crippen LogP contribution in [0, 0.1) is 5.92 Å². The van der Waals surface area contributed by atoms with Gasteiger partial charge in [0.15, 0.2) is 0 Å². The largest absolute Gasteiger partial charge is 0.347 e. The van der Waals surface area contributed by atoms with E-state index in [2.05, 4.69) is 14.9 Å². The van der Waals surface area contributed by atoms with Crippen LogP contribution in [0.5, 0.6) is 0 Å². The van der Waals surface area contributed by atoms with Crippen LogP contribution in [0.3, 0.4) is 0 Å². The Morgan fingerprint density at radius 3 is 2.58 bits per heavy atom. The minimum atomic E-state index is -0.214. The van der Waals surface area contributed by atoms with Crippen LogP contribution in [-0.2, 0) is 20.1 Å². The number of rotatable bonds is 5. The molecule has 7 heteroatoms. The molecule has 0 saturated carbocycles. The van der Waals surface area contributed by atoms with E-state index in [1.165, 1.54) is 4.57 Å². The van der Waals surface area contributed by atoms with Crippen molar-refractivity contribution in [2.45, 2.75) is 45.7 Å². The van der Waals surface area contributed by atoms with E-state index in [-0.39, 0.29) is 17.2 Å². The topological polar surface area (TPSA) is 73.0 Å². The van der Waals surface area contributed by atoms with Crippen LogP contribution in [0.1, 0.15) is 44.0 Å². The third kappa shape index (κ3) is 4.46. The van der Waals surface area contributed by atoms with Crippen molar-refractivity contribution in [3.05, 3.63) is 56.9 Å². The van der Waals surface area contributed by atoms with Gasteiger partial charge in [-0.3, -0.25) is 14.3 Å². The molecule has 3 heterocycles. The quantitative estimate of drug-likeness (QED) is 0.808. The summed E-state index contributed by atoms with van der Waals surface area (Å²) in [6.07, 6.45) is 5.51. The molecule has 0 aliphatic carbocycles. The van der Waals surface area contributed by atoms with Gasteiger partial charge in [0.2, 0.25) is 0 Å². The number of nitrogens with zero attached hydrogens (tertiary/aromatic N) is 5. The fraction of sp³-hybridized carbons (Fsp3) is 0.579. The van der Waals surface area contributed by atoms with Gasteiger partial charge in [0.25, 0.3) is 5.56 Å². The number of aryl methyl sites for hydroxylation is 1. The van der Waals surface area contributed by atoms with E-state index in [0.717, 1.165) is 43.9 Å². The molecule has 140 valence electrons. The Kier molecular flexibility index (Phi) is 5.66. The summed E-state index contributed by atoms with van der Waals surface area (Å²) in [5.74, 6) is 0.747. The van der Waals surface area contributed by atoms with Gasteiger partial charge in [0.1, 0.15) is 0 Å². The molecule has 1 aliphatic heterocycles.